The Kier molecular flexibility index (Phi) is 5.41. The maximum Gasteiger partial charge on any atom is 0.221 e. The van der Waals surface area contributed by atoms with Crippen molar-refractivity contribution in [3.05, 3.63) is 29.8 Å². The summed E-state index contributed by atoms with van der Waals surface area (Å²) < 4.78 is 0. The number of anilines is 1. The highest BCUT2D eigenvalue weighted by Crippen LogP contribution is 2.19. The number of hydrogen-bond donors (Lipinski definition) is 2. The molecule has 0 aromatic heterocycles. The molecule has 1 aliphatic carbocycles. The molecule has 1 aliphatic rings. The lowest BCUT2D eigenvalue weighted by atomic mass is 10.2. The van der Waals surface area contributed by atoms with Crippen LogP contribution in [0.3, 0.4) is 0 Å². The molecule has 0 heterocycles. The van der Waals surface area contributed by atoms with Crippen LogP contribution in [0.1, 0.15) is 31.2 Å². The fourth-order valence-corrected chi connectivity index (χ4v) is 2.24. The highest BCUT2D eigenvalue weighted by Gasteiger charge is 2.23. The van der Waals surface area contributed by atoms with Crippen LogP contribution in [0.25, 0.3) is 0 Å². The van der Waals surface area contributed by atoms with Crippen LogP contribution in [0.4, 0.5) is 5.69 Å². The summed E-state index contributed by atoms with van der Waals surface area (Å²) in [6.07, 6.45) is 3.77. The highest BCUT2D eigenvalue weighted by molar-refractivity contribution is 5.77. The molecule has 1 amide bonds. The topological polar surface area (TPSA) is 58.4 Å². The van der Waals surface area contributed by atoms with E-state index in [1.165, 1.54) is 11.3 Å². The van der Waals surface area contributed by atoms with Gasteiger partial charge in [0.25, 0.3) is 0 Å². The van der Waals surface area contributed by atoms with Crippen LogP contribution in [0, 0.1) is 6.92 Å². The Morgan fingerprint density at radius 1 is 1.40 bits per heavy atom. The molecule has 20 heavy (non-hydrogen) atoms. The van der Waals surface area contributed by atoms with Gasteiger partial charge < -0.3 is 16.0 Å². The Morgan fingerprint density at radius 3 is 2.85 bits per heavy atom. The number of carbonyl (C=O) groups is 1. The SMILES string of the molecule is Cc1cccc(N(CCCN)CCC(=O)NC2CC2)c1. The van der Waals surface area contributed by atoms with Crippen molar-refractivity contribution >= 4 is 11.6 Å². The maximum absolute atomic E-state index is 11.8. The van der Waals surface area contributed by atoms with Crippen LogP contribution in [-0.4, -0.2) is 31.6 Å². The van der Waals surface area contributed by atoms with Gasteiger partial charge in [-0.1, -0.05) is 12.1 Å². The van der Waals surface area contributed by atoms with Crippen molar-refractivity contribution in [2.75, 3.05) is 24.5 Å². The van der Waals surface area contributed by atoms with Crippen molar-refractivity contribution in [1.82, 2.24) is 5.32 Å². The number of nitrogens with one attached hydrogen (secondary N) is 1. The predicted octanol–water partition coefficient (Wildman–Crippen LogP) is 1.82. The maximum atomic E-state index is 11.8. The standard InChI is InChI=1S/C16H25N3O/c1-13-4-2-5-15(12-13)19(10-3-9-17)11-8-16(20)18-14-6-7-14/h2,4-5,12,14H,3,6-11,17H2,1H3,(H,18,20). The number of rotatable bonds is 8. The van der Waals surface area contributed by atoms with Gasteiger partial charge in [-0.15, -0.1) is 0 Å². The smallest absolute Gasteiger partial charge is 0.221 e. The molecule has 3 N–H and O–H groups in total. The molecule has 2 rings (SSSR count). The molecule has 4 heteroatoms. The fraction of sp³-hybridized carbons (Fsp3) is 0.562. The van der Waals surface area contributed by atoms with E-state index < -0.39 is 0 Å². The molecule has 110 valence electrons. The zero-order valence-corrected chi connectivity index (χ0v) is 12.3. The largest absolute Gasteiger partial charge is 0.371 e. The number of nitrogens with zero attached hydrogens (tertiary/aromatic N) is 1. The Morgan fingerprint density at radius 2 is 2.20 bits per heavy atom. The Bertz CT molecular complexity index is 443. The van der Waals surface area contributed by atoms with Crippen molar-refractivity contribution in [3.63, 3.8) is 0 Å². The number of benzene rings is 1. The van der Waals surface area contributed by atoms with E-state index >= 15 is 0 Å². The van der Waals surface area contributed by atoms with Crippen LogP contribution in [0.2, 0.25) is 0 Å². The third kappa shape index (κ3) is 4.85. The van der Waals surface area contributed by atoms with E-state index in [2.05, 4.69) is 41.4 Å². The average molecular weight is 275 g/mol. The first-order valence-corrected chi connectivity index (χ1v) is 7.50. The van der Waals surface area contributed by atoms with Gasteiger partial charge in [0, 0.05) is 31.2 Å². The van der Waals surface area contributed by atoms with Crippen molar-refractivity contribution in [2.24, 2.45) is 5.73 Å². The second-order valence-corrected chi connectivity index (χ2v) is 5.56. The lowest BCUT2D eigenvalue weighted by Gasteiger charge is -2.25. The minimum atomic E-state index is 0.165. The van der Waals surface area contributed by atoms with E-state index in [0.717, 1.165) is 32.4 Å². The second kappa shape index (κ2) is 7.29. The van der Waals surface area contributed by atoms with Gasteiger partial charge in [0.2, 0.25) is 5.91 Å². The van der Waals surface area contributed by atoms with Crippen LogP contribution in [-0.2, 0) is 4.79 Å². The molecule has 0 atom stereocenters. The van der Waals surface area contributed by atoms with Gasteiger partial charge in [-0.3, -0.25) is 4.79 Å². The minimum absolute atomic E-state index is 0.165. The van der Waals surface area contributed by atoms with Crippen LogP contribution in [0.15, 0.2) is 24.3 Å². The van der Waals surface area contributed by atoms with Crippen LogP contribution < -0.4 is 16.0 Å². The first kappa shape index (κ1) is 14.9. The van der Waals surface area contributed by atoms with Crippen LogP contribution >= 0.6 is 0 Å². The van der Waals surface area contributed by atoms with E-state index in [9.17, 15) is 4.79 Å². The first-order chi connectivity index (χ1) is 9.69. The zero-order valence-electron chi connectivity index (χ0n) is 12.3. The average Bonchev–Trinajstić information content (AvgIpc) is 3.22. The highest BCUT2D eigenvalue weighted by atomic mass is 16.1. The summed E-state index contributed by atoms with van der Waals surface area (Å²) >= 11 is 0. The zero-order chi connectivity index (χ0) is 14.4. The van der Waals surface area contributed by atoms with E-state index in [1.807, 2.05) is 0 Å². The van der Waals surface area contributed by atoms with E-state index in [-0.39, 0.29) is 5.91 Å². The molecule has 1 fully saturated rings. The predicted molar refractivity (Wildman–Crippen MR) is 82.8 cm³/mol. The Hall–Kier alpha value is -1.55. The Labute approximate surface area is 121 Å². The van der Waals surface area contributed by atoms with E-state index in [1.54, 1.807) is 0 Å². The van der Waals surface area contributed by atoms with Crippen molar-refractivity contribution in [1.29, 1.82) is 0 Å². The van der Waals surface area contributed by atoms with Crippen molar-refractivity contribution < 1.29 is 4.79 Å². The number of carbonyl (C=O) groups excluding carboxylic acids is 1. The summed E-state index contributed by atoms with van der Waals surface area (Å²) in [5.74, 6) is 0.165. The van der Waals surface area contributed by atoms with Gasteiger partial charge in [-0.05, 0) is 50.4 Å². The summed E-state index contributed by atoms with van der Waals surface area (Å²) in [4.78, 5) is 14.1. The molecule has 0 unspecified atom stereocenters. The van der Waals surface area contributed by atoms with Gasteiger partial charge in [0.05, 0.1) is 0 Å². The molecule has 1 aromatic rings. The summed E-state index contributed by atoms with van der Waals surface area (Å²) in [5, 5.41) is 3.04. The number of nitrogens with two attached hydrogens (primary N) is 1. The van der Waals surface area contributed by atoms with Gasteiger partial charge in [-0.2, -0.15) is 0 Å². The van der Waals surface area contributed by atoms with Gasteiger partial charge >= 0.3 is 0 Å². The molecule has 0 radical (unpaired) electrons. The fourth-order valence-electron chi connectivity index (χ4n) is 2.24. The lowest BCUT2D eigenvalue weighted by molar-refractivity contribution is -0.121. The minimum Gasteiger partial charge on any atom is -0.371 e. The molecule has 0 saturated heterocycles. The third-order valence-corrected chi connectivity index (χ3v) is 3.55. The normalized spacial score (nSPS) is 14.1. The molecule has 0 bridgehead atoms. The molecule has 0 spiro atoms. The van der Waals surface area contributed by atoms with E-state index in [0.29, 0.717) is 19.0 Å². The third-order valence-electron chi connectivity index (χ3n) is 3.55. The molecule has 0 aliphatic heterocycles. The van der Waals surface area contributed by atoms with E-state index in [4.69, 9.17) is 5.73 Å². The number of aryl methyl sites for hydroxylation is 1. The van der Waals surface area contributed by atoms with Gasteiger partial charge in [0.15, 0.2) is 0 Å². The summed E-state index contributed by atoms with van der Waals surface area (Å²) in [6.45, 7) is 4.42. The molecule has 4 nitrogen and oxygen atoms in total. The van der Waals surface area contributed by atoms with Crippen molar-refractivity contribution in [2.45, 2.75) is 38.6 Å². The molecular weight excluding hydrogens is 250 g/mol. The first-order valence-electron chi connectivity index (χ1n) is 7.50. The van der Waals surface area contributed by atoms with Crippen molar-refractivity contribution in [3.8, 4) is 0 Å². The summed E-state index contributed by atoms with van der Waals surface area (Å²) in [5.41, 5.74) is 8.03. The Balaban J connectivity index is 1.90. The van der Waals surface area contributed by atoms with Gasteiger partial charge in [-0.25, -0.2) is 0 Å². The monoisotopic (exact) mass is 275 g/mol. The number of amides is 1. The number of hydrogen-bond acceptors (Lipinski definition) is 3. The molecule has 1 aromatic carbocycles. The lowest BCUT2D eigenvalue weighted by Crippen LogP contribution is -2.33. The summed E-state index contributed by atoms with van der Waals surface area (Å²) in [7, 11) is 0. The molecular formula is C16H25N3O. The van der Waals surface area contributed by atoms with Gasteiger partial charge in [0.1, 0.15) is 0 Å². The molecule has 1 saturated carbocycles. The quantitative estimate of drug-likeness (QED) is 0.761. The van der Waals surface area contributed by atoms with Crippen LogP contribution in [0.5, 0.6) is 0 Å². The summed E-state index contributed by atoms with van der Waals surface area (Å²) in [6, 6.07) is 8.85. The second-order valence-electron chi connectivity index (χ2n) is 5.56.